The van der Waals surface area contributed by atoms with Crippen molar-refractivity contribution in [1.82, 2.24) is 10.3 Å². The fourth-order valence-corrected chi connectivity index (χ4v) is 1.78. The van der Waals surface area contributed by atoms with Gasteiger partial charge in [0.1, 0.15) is 5.82 Å². The van der Waals surface area contributed by atoms with E-state index in [0.717, 1.165) is 5.69 Å². The molecule has 4 heteroatoms. The topological polar surface area (TPSA) is 48.7 Å². The van der Waals surface area contributed by atoms with Crippen molar-refractivity contribution >= 4 is 0 Å². The Balaban J connectivity index is 2.05. The van der Waals surface area contributed by atoms with Crippen LogP contribution in [0.2, 0.25) is 0 Å². The minimum absolute atomic E-state index is 0.0198. The van der Waals surface area contributed by atoms with Crippen molar-refractivity contribution in [3.05, 3.63) is 65.2 Å². The van der Waals surface area contributed by atoms with Crippen molar-refractivity contribution < 1.29 is 4.39 Å². The summed E-state index contributed by atoms with van der Waals surface area (Å²) in [6, 6.07) is 12.1. The molecule has 0 fully saturated rings. The summed E-state index contributed by atoms with van der Waals surface area (Å²) in [6.45, 7) is 2.33. The van der Waals surface area contributed by atoms with Crippen LogP contribution >= 0.6 is 0 Å². The molecular weight excluding hydrogens is 241 g/mol. The quantitative estimate of drug-likeness (QED) is 0.913. The van der Waals surface area contributed by atoms with Gasteiger partial charge in [-0.2, -0.15) is 5.26 Å². The van der Waals surface area contributed by atoms with Crippen molar-refractivity contribution in [2.75, 3.05) is 0 Å². The van der Waals surface area contributed by atoms with Gasteiger partial charge < -0.3 is 5.32 Å². The molecule has 0 bridgehead atoms. The summed E-state index contributed by atoms with van der Waals surface area (Å²) in [7, 11) is 0. The van der Waals surface area contributed by atoms with E-state index in [1.807, 2.05) is 31.2 Å². The lowest BCUT2D eigenvalue weighted by Crippen LogP contribution is -2.19. The molecule has 0 spiro atoms. The van der Waals surface area contributed by atoms with E-state index in [0.29, 0.717) is 17.7 Å². The Morgan fingerprint density at radius 2 is 2.21 bits per heavy atom. The van der Waals surface area contributed by atoms with Gasteiger partial charge in [0.2, 0.25) is 0 Å². The number of benzene rings is 1. The molecule has 2 rings (SSSR count). The molecule has 96 valence electrons. The summed E-state index contributed by atoms with van der Waals surface area (Å²) >= 11 is 0. The Morgan fingerprint density at radius 3 is 2.89 bits per heavy atom. The van der Waals surface area contributed by atoms with Crippen LogP contribution in [0.15, 0.2) is 42.6 Å². The minimum Gasteiger partial charge on any atom is -0.305 e. The Labute approximate surface area is 111 Å². The van der Waals surface area contributed by atoms with Crippen molar-refractivity contribution in [3.63, 3.8) is 0 Å². The molecule has 0 unspecified atom stereocenters. The van der Waals surface area contributed by atoms with Gasteiger partial charge in [-0.3, -0.25) is 4.98 Å². The monoisotopic (exact) mass is 255 g/mol. The first-order valence-corrected chi connectivity index (χ1v) is 6.03. The molecule has 19 heavy (non-hydrogen) atoms. The summed E-state index contributed by atoms with van der Waals surface area (Å²) in [6.07, 6.45) is 1.73. The molecule has 1 aromatic heterocycles. The highest BCUT2D eigenvalue weighted by molar-refractivity contribution is 5.33. The van der Waals surface area contributed by atoms with Crippen LogP contribution in [-0.2, 0) is 6.54 Å². The first-order valence-electron chi connectivity index (χ1n) is 6.03. The first-order chi connectivity index (χ1) is 9.20. The number of rotatable bonds is 4. The highest BCUT2D eigenvalue weighted by Crippen LogP contribution is 2.13. The highest BCUT2D eigenvalue weighted by Gasteiger charge is 2.08. The molecule has 0 radical (unpaired) electrons. The van der Waals surface area contributed by atoms with Crippen LogP contribution in [0.3, 0.4) is 0 Å². The number of pyridine rings is 1. The SMILES string of the molecule is C[C@@H](NCc1cc(C#N)ccc1F)c1ccccn1. The van der Waals surface area contributed by atoms with Gasteiger partial charge in [-0.25, -0.2) is 4.39 Å². The van der Waals surface area contributed by atoms with E-state index in [4.69, 9.17) is 5.26 Å². The largest absolute Gasteiger partial charge is 0.305 e. The normalized spacial score (nSPS) is 11.8. The fraction of sp³-hybridized carbons (Fsp3) is 0.200. The smallest absolute Gasteiger partial charge is 0.127 e. The average Bonchev–Trinajstić information content (AvgIpc) is 2.47. The molecule has 0 aliphatic carbocycles. The van der Waals surface area contributed by atoms with E-state index in [1.165, 1.54) is 12.1 Å². The maximum atomic E-state index is 13.6. The second-order valence-corrected chi connectivity index (χ2v) is 4.28. The highest BCUT2D eigenvalue weighted by atomic mass is 19.1. The summed E-state index contributed by atoms with van der Waals surface area (Å²) in [5.74, 6) is -0.306. The molecule has 0 aliphatic rings. The zero-order chi connectivity index (χ0) is 13.7. The maximum Gasteiger partial charge on any atom is 0.127 e. The van der Waals surface area contributed by atoms with Crippen molar-refractivity contribution in [3.8, 4) is 6.07 Å². The third kappa shape index (κ3) is 3.36. The van der Waals surface area contributed by atoms with Crippen LogP contribution < -0.4 is 5.32 Å². The van der Waals surface area contributed by atoms with E-state index >= 15 is 0 Å². The number of nitrogens with one attached hydrogen (secondary N) is 1. The standard InChI is InChI=1S/C15H14FN3/c1-11(15-4-2-3-7-18-15)19-10-13-8-12(9-17)5-6-14(13)16/h2-8,11,19H,10H2,1H3/t11-/m1/s1. The van der Waals surface area contributed by atoms with Gasteiger partial charge in [0.25, 0.3) is 0 Å². The third-order valence-corrected chi connectivity index (χ3v) is 2.90. The molecule has 0 saturated heterocycles. The van der Waals surface area contributed by atoms with Crippen LogP contribution in [-0.4, -0.2) is 4.98 Å². The fourth-order valence-electron chi connectivity index (χ4n) is 1.78. The molecule has 0 saturated carbocycles. The van der Waals surface area contributed by atoms with Crippen molar-refractivity contribution in [2.24, 2.45) is 0 Å². The molecular formula is C15H14FN3. The zero-order valence-electron chi connectivity index (χ0n) is 10.6. The van der Waals surface area contributed by atoms with Crippen LogP contribution in [0.25, 0.3) is 0 Å². The Morgan fingerprint density at radius 1 is 1.37 bits per heavy atom. The van der Waals surface area contributed by atoms with E-state index in [1.54, 1.807) is 12.3 Å². The summed E-state index contributed by atoms with van der Waals surface area (Å²) < 4.78 is 13.6. The Bertz CT molecular complexity index is 590. The Kier molecular flexibility index (Phi) is 4.22. The van der Waals surface area contributed by atoms with Gasteiger partial charge >= 0.3 is 0 Å². The molecule has 1 aromatic carbocycles. The first kappa shape index (κ1) is 13.2. The second kappa shape index (κ2) is 6.07. The van der Waals surface area contributed by atoms with Crippen LogP contribution in [0, 0.1) is 17.1 Å². The van der Waals surface area contributed by atoms with Gasteiger partial charge in [0, 0.05) is 24.3 Å². The Hall–Kier alpha value is -2.25. The summed E-state index contributed by atoms with van der Waals surface area (Å²) in [5, 5.41) is 12.0. The lowest BCUT2D eigenvalue weighted by atomic mass is 10.1. The van der Waals surface area contributed by atoms with E-state index in [2.05, 4.69) is 10.3 Å². The van der Waals surface area contributed by atoms with E-state index in [9.17, 15) is 4.39 Å². The minimum atomic E-state index is -0.306. The van der Waals surface area contributed by atoms with Crippen LogP contribution in [0.1, 0.15) is 29.8 Å². The molecule has 2 aromatic rings. The maximum absolute atomic E-state index is 13.6. The number of nitriles is 1. The number of nitrogens with zero attached hydrogens (tertiary/aromatic N) is 2. The average molecular weight is 255 g/mol. The van der Waals surface area contributed by atoms with Crippen molar-refractivity contribution in [2.45, 2.75) is 19.5 Å². The van der Waals surface area contributed by atoms with Crippen LogP contribution in [0.4, 0.5) is 4.39 Å². The lowest BCUT2D eigenvalue weighted by Gasteiger charge is -2.13. The third-order valence-electron chi connectivity index (χ3n) is 2.90. The molecule has 1 atom stereocenters. The zero-order valence-corrected chi connectivity index (χ0v) is 10.6. The van der Waals surface area contributed by atoms with Gasteiger partial charge in [-0.1, -0.05) is 6.07 Å². The predicted molar refractivity (Wildman–Crippen MR) is 70.6 cm³/mol. The summed E-state index contributed by atoms with van der Waals surface area (Å²) in [4.78, 5) is 4.24. The molecule has 3 nitrogen and oxygen atoms in total. The molecule has 1 N–H and O–H groups in total. The van der Waals surface area contributed by atoms with Gasteiger partial charge in [-0.05, 0) is 37.3 Å². The number of hydrogen-bond donors (Lipinski definition) is 1. The van der Waals surface area contributed by atoms with Gasteiger partial charge in [0.05, 0.1) is 17.3 Å². The van der Waals surface area contributed by atoms with Gasteiger partial charge in [-0.15, -0.1) is 0 Å². The molecule has 0 amide bonds. The number of halogens is 1. The number of hydrogen-bond acceptors (Lipinski definition) is 3. The van der Waals surface area contributed by atoms with Crippen LogP contribution in [0.5, 0.6) is 0 Å². The molecule has 0 aliphatic heterocycles. The lowest BCUT2D eigenvalue weighted by molar-refractivity contribution is 0.536. The van der Waals surface area contributed by atoms with Gasteiger partial charge in [0.15, 0.2) is 0 Å². The predicted octanol–water partition coefficient (Wildman–Crippen LogP) is 2.94. The summed E-state index contributed by atoms with van der Waals surface area (Å²) in [5.41, 5.74) is 1.85. The molecule has 1 heterocycles. The van der Waals surface area contributed by atoms with E-state index < -0.39 is 0 Å². The van der Waals surface area contributed by atoms with E-state index in [-0.39, 0.29) is 11.9 Å². The van der Waals surface area contributed by atoms with Crippen molar-refractivity contribution in [1.29, 1.82) is 5.26 Å². The second-order valence-electron chi connectivity index (χ2n) is 4.28. The number of aromatic nitrogens is 1.